The van der Waals surface area contributed by atoms with E-state index in [1.807, 2.05) is 13.0 Å². The summed E-state index contributed by atoms with van der Waals surface area (Å²) in [6.45, 7) is 1.35. The molecule has 21 heavy (non-hydrogen) atoms. The normalized spacial score (nSPS) is 10.1. The summed E-state index contributed by atoms with van der Waals surface area (Å²) in [6, 6.07) is 6.44. The van der Waals surface area contributed by atoms with Gasteiger partial charge in [0.05, 0.1) is 11.4 Å². The standard InChI is InChI=1S/C14H13N3O4/c1-8-2-3-9(15-6-8)10-4-5-11(18)13(17-10)14(21)16-7-12(19)20/h2-6,18H,7H2,1H3,(H,16,21)(H,19,20). The summed E-state index contributed by atoms with van der Waals surface area (Å²) < 4.78 is 0. The molecule has 3 N–H and O–H groups in total. The van der Waals surface area contributed by atoms with Crippen molar-refractivity contribution in [1.82, 2.24) is 15.3 Å². The van der Waals surface area contributed by atoms with Crippen molar-refractivity contribution in [3.8, 4) is 17.1 Å². The summed E-state index contributed by atoms with van der Waals surface area (Å²) in [4.78, 5) is 30.4. The van der Waals surface area contributed by atoms with E-state index in [9.17, 15) is 14.7 Å². The first-order valence-corrected chi connectivity index (χ1v) is 6.10. The number of hydrogen-bond donors (Lipinski definition) is 3. The van der Waals surface area contributed by atoms with Crippen LogP contribution >= 0.6 is 0 Å². The summed E-state index contributed by atoms with van der Waals surface area (Å²) in [5.41, 5.74) is 1.70. The van der Waals surface area contributed by atoms with E-state index < -0.39 is 18.4 Å². The molecular formula is C14H13N3O4. The summed E-state index contributed by atoms with van der Waals surface area (Å²) in [5.74, 6) is -2.27. The number of carboxylic acids is 1. The number of carbonyl (C=O) groups is 2. The molecule has 0 aliphatic carbocycles. The molecule has 0 radical (unpaired) electrons. The zero-order chi connectivity index (χ0) is 15.4. The minimum Gasteiger partial charge on any atom is -0.505 e. The van der Waals surface area contributed by atoms with Crippen LogP contribution in [0.2, 0.25) is 0 Å². The second-order valence-electron chi connectivity index (χ2n) is 4.36. The Kier molecular flexibility index (Phi) is 4.13. The van der Waals surface area contributed by atoms with E-state index in [-0.39, 0.29) is 11.4 Å². The van der Waals surface area contributed by atoms with Crippen molar-refractivity contribution in [3.63, 3.8) is 0 Å². The largest absolute Gasteiger partial charge is 0.505 e. The molecule has 0 saturated carbocycles. The quantitative estimate of drug-likeness (QED) is 0.772. The fraction of sp³-hybridized carbons (Fsp3) is 0.143. The first-order chi connectivity index (χ1) is 9.97. The first kappa shape index (κ1) is 14.4. The highest BCUT2D eigenvalue weighted by atomic mass is 16.4. The highest BCUT2D eigenvalue weighted by molar-refractivity contribution is 5.96. The number of carboxylic acid groups (broad SMARTS) is 1. The second kappa shape index (κ2) is 6.00. The lowest BCUT2D eigenvalue weighted by atomic mass is 10.2. The Morgan fingerprint density at radius 3 is 2.52 bits per heavy atom. The smallest absolute Gasteiger partial charge is 0.322 e. The van der Waals surface area contributed by atoms with Gasteiger partial charge in [0.1, 0.15) is 12.3 Å². The van der Waals surface area contributed by atoms with Crippen LogP contribution < -0.4 is 5.32 Å². The van der Waals surface area contributed by atoms with Gasteiger partial charge in [0.2, 0.25) is 0 Å². The van der Waals surface area contributed by atoms with E-state index in [0.29, 0.717) is 11.4 Å². The molecule has 7 heteroatoms. The van der Waals surface area contributed by atoms with Crippen LogP contribution in [0.15, 0.2) is 30.5 Å². The molecule has 2 heterocycles. The van der Waals surface area contributed by atoms with Crippen LogP contribution in [0.3, 0.4) is 0 Å². The number of rotatable bonds is 4. The fourth-order valence-corrected chi connectivity index (χ4v) is 1.62. The second-order valence-corrected chi connectivity index (χ2v) is 4.36. The van der Waals surface area contributed by atoms with E-state index in [1.54, 1.807) is 12.3 Å². The first-order valence-electron chi connectivity index (χ1n) is 6.10. The molecule has 0 aromatic carbocycles. The zero-order valence-electron chi connectivity index (χ0n) is 11.2. The van der Waals surface area contributed by atoms with Gasteiger partial charge in [-0.2, -0.15) is 0 Å². The molecule has 2 rings (SSSR count). The SMILES string of the molecule is Cc1ccc(-c2ccc(O)c(C(=O)NCC(=O)O)n2)nc1. The number of aromatic hydroxyl groups is 1. The third-order valence-corrected chi connectivity index (χ3v) is 2.66. The summed E-state index contributed by atoms with van der Waals surface area (Å²) in [5, 5.41) is 20.3. The van der Waals surface area contributed by atoms with E-state index in [1.165, 1.54) is 12.1 Å². The van der Waals surface area contributed by atoms with Gasteiger partial charge in [-0.1, -0.05) is 6.07 Å². The number of carbonyl (C=O) groups excluding carboxylic acids is 1. The van der Waals surface area contributed by atoms with Crippen molar-refractivity contribution < 1.29 is 19.8 Å². The molecule has 0 fully saturated rings. The summed E-state index contributed by atoms with van der Waals surface area (Å²) in [6.07, 6.45) is 1.66. The third-order valence-electron chi connectivity index (χ3n) is 2.66. The Morgan fingerprint density at radius 1 is 1.19 bits per heavy atom. The molecule has 108 valence electrons. The summed E-state index contributed by atoms with van der Waals surface area (Å²) >= 11 is 0. The molecule has 0 aliphatic rings. The van der Waals surface area contributed by atoms with Crippen LogP contribution in [-0.2, 0) is 4.79 Å². The monoisotopic (exact) mass is 287 g/mol. The van der Waals surface area contributed by atoms with Crippen molar-refractivity contribution in [1.29, 1.82) is 0 Å². The van der Waals surface area contributed by atoms with Crippen LogP contribution in [-0.4, -0.2) is 38.6 Å². The average molecular weight is 287 g/mol. The van der Waals surface area contributed by atoms with Gasteiger partial charge in [0.15, 0.2) is 5.69 Å². The van der Waals surface area contributed by atoms with Gasteiger partial charge in [-0.25, -0.2) is 4.98 Å². The van der Waals surface area contributed by atoms with Gasteiger partial charge in [0.25, 0.3) is 5.91 Å². The molecule has 0 aliphatic heterocycles. The summed E-state index contributed by atoms with van der Waals surface area (Å²) in [7, 11) is 0. The molecule has 7 nitrogen and oxygen atoms in total. The number of aliphatic carboxylic acids is 1. The third kappa shape index (κ3) is 3.53. The van der Waals surface area contributed by atoms with Gasteiger partial charge >= 0.3 is 5.97 Å². The molecule has 0 atom stereocenters. The molecule has 2 aromatic rings. The lowest BCUT2D eigenvalue weighted by Gasteiger charge is -2.07. The zero-order valence-corrected chi connectivity index (χ0v) is 11.2. The molecule has 0 unspecified atom stereocenters. The number of aryl methyl sites for hydroxylation is 1. The fourth-order valence-electron chi connectivity index (χ4n) is 1.62. The number of nitrogens with one attached hydrogen (secondary N) is 1. The maximum atomic E-state index is 11.8. The highest BCUT2D eigenvalue weighted by Gasteiger charge is 2.15. The molecule has 0 bridgehead atoms. The Labute approximate surface area is 120 Å². The van der Waals surface area contributed by atoms with Gasteiger partial charge in [-0.05, 0) is 30.7 Å². The van der Waals surface area contributed by atoms with Crippen molar-refractivity contribution in [2.45, 2.75) is 6.92 Å². The Hall–Kier alpha value is -2.96. The Morgan fingerprint density at radius 2 is 1.90 bits per heavy atom. The van der Waals surface area contributed by atoms with E-state index in [2.05, 4.69) is 15.3 Å². The number of pyridine rings is 2. The van der Waals surface area contributed by atoms with Crippen LogP contribution in [0, 0.1) is 6.92 Å². The van der Waals surface area contributed by atoms with Crippen LogP contribution in [0.4, 0.5) is 0 Å². The maximum Gasteiger partial charge on any atom is 0.322 e. The van der Waals surface area contributed by atoms with Gasteiger partial charge in [-0.3, -0.25) is 14.6 Å². The van der Waals surface area contributed by atoms with Crippen LogP contribution in [0.1, 0.15) is 16.1 Å². The molecule has 0 spiro atoms. The van der Waals surface area contributed by atoms with Crippen molar-refractivity contribution >= 4 is 11.9 Å². The van der Waals surface area contributed by atoms with Gasteiger partial charge < -0.3 is 15.5 Å². The van der Waals surface area contributed by atoms with E-state index in [0.717, 1.165) is 5.56 Å². The maximum absolute atomic E-state index is 11.8. The number of nitrogens with zero attached hydrogens (tertiary/aromatic N) is 2. The predicted octanol–water partition coefficient (Wildman–Crippen LogP) is 0.972. The Balaban J connectivity index is 2.30. The van der Waals surface area contributed by atoms with Gasteiger partial charge in [-0.15, -0.1) is 0 Å². The predicted molar refractivity (Wildman–Crippen MR) is 73.8 cm³/mol. The topological polar surface area (TPSA) is 112 Å². The van der Waals surface area contributed by atoms with Crippen LogP contribution in [0.5, 0.6) is 5.75 Å². The minimum absolute atomic E-state index is 0.240. The van der Waals surface area contributed by atoms with E-state index in [4.69, 9.17) is 5.11 Å². The number of amides is 1. The van der Waals surface area contributed by atoms with Crippen molar-refractivity contribution in [2.75, 3.05) is 6.54 Å². The molecular weight excluding hydrogens is 274 g/mol. The minimum atomic E-state index is -1.18. The average Bonchev–Trinajstić information content (AvgIpc) is 2.46. The molecule has 0 saturated heterocycles. The van der Waals surface area contributed by atoms with Gasteiger partial charge in [0, 0.05) is 6.20 Å². The number of aromatic nitrogens is 2. The number of hydrogen-bond acceptors (Lipinski definition) is 5. The highest BCUT2D eigenvalue weighted by Crippen LogP contribution is 2.21. The van der Waals surface area contributed by atoms with Crippen LogP contribution in [0.25, 0.3) is 11.4 Å². The van der Waals surface area contributed by atoms with Crippen molar-refractivity contribution in [2.24, 2.45) is 0 Å². The molecule has 1 amide bonds. The lowest BCUT2D eigenvalue weighted by molar-refractivity contribution is -0.135. The van der Waals surface area contributed by atoms with E-state index >= 15 is 0 Å². The van der Waals surface area contributed by atoms with Crippen molar-refractivity contribution in [3.05, 3.63) is 41.7 Å². The Bertz CT molecular complexity index is 683. The lowest BCUT2D eigenvalue weighted by Crippen LogP contribution is -2.30. The molecule has 2 aromatic heterocycles.